The summed E-state index contributed by atoms with van der Waals surface area (Å²) in [6.07, 6.45) is 0. The number of Topliss-reactive ketones (excluding diaryl/α,β-unsaturated/α-hetero) is 1. The Kier molecular flexibility index (Phi) is 2.08. The van der Waals surface area contributed by atoms with E-state index in [1.54, 1.807) is 6.92 Å². The number of fused-ring (bicyclic) bond motifs is 1. The first-order chi connectivity index (χ1) is 6.59. The third-order valence-electron chi connectivity index (χ3n) is 2.37. The predicted molar refractivity (Wildman–Crippen MR) is 58.1 cm³/mol. The second kappa shape index (κ2) is 3.14. The van der Waals surface area contributed by atoms with E-state index in [2.05, 4.69) is 4.98 Å². The lowest BCUT2D eigenvalue weighted by atomic mass is 10.1. The number of carbonyl (C=O) groups excluding carboxylic acids is 1. The summed E-state index contributed by atoms with van der Waals surface area (Å²) in [7, 11) is 0. The second-order valence-electron chi connectivity index (χ2n) is 3.37. The summed E-state index contributed by atoms with van der Waals surface area (Å²) >= 11 is 5.85. The van der Waals surface area contributed by atoms with Crippen molar-refractivity contribution in [1.29, 1.82) is 0 Å². The minimum atomic E-state index is 0.0508. The van der Waals surface area contributed by atoms with Crippen LogP contribution in [-0.4, -0.2) is 10.8 Å². The number of hydrogen-bond donors (Lipinski definition) is 1. The van der Waals surface area contributed by atoms with E-state index < -0.39 is 0 Å². The molecule has 0 aliphatic rings. The minimum absolute atomic E-state index is 0.0508. The standard InChI is InChI=1S/C11H10ClNO/c1-6-9-4-3-8(12)5-10(9)13-11(6)7(2)14/h3-5,13H,1-2H3. The monoisotopic (exact) mass is 207 g/mol. The van der Waals surface area contributed by atoms with Crippen molar-refractivity contribution in [3.63, 3.8) is 0 Å². The molecule has 2 aromatic rings. The summed E-state index contributed by atoms with van der Waals surface area (Å²) in [5, 5.41) is 1.73. The molecular formula is C11H10ClNO. The van der Waals surface area contributed by atoms with Crippen molar-refractivity contribution in [1.82, 2.24) is 4.98 Å². The van der Waals surface area contributed by atoms with Crippen molar-refractivity contribution in [2.24, 2.45) is 0 Å². The molecule has 0 atom stereocenters. The highest BCUT2D eigenvalue weighted by Crippen LogP contribution is 2.24. The molecule has 2 rings (SSSR count). The molecule has 14 heavy (non-hydrogen) atoms. The van der Waals surface area contributed by atoms with Gasteiger partial charge >= 0.3 is 0 Å². The molecule has 72 valence electrons. The summed E-state index contributed by atoms with van der Waals surface area (Å²) in [5.74, 6) is 0.0508. The molecule has 2 nitrogen and oxygen atoms in total. The fraction of sp³-hybridized carbons (Fsp3) is 0.182. The zero-order valence-corrected chi connectivity index (χ0v) is 8.77. The molecule has 1 heterocycles. The van der Waals surface area contributed by atoms with Crippen molar-refractivity contribution < 1.29 is 4.79 Å². The number of aromatic amines is 1. The zero-order valence-electron chi connectivity index (χ0n) is 8.02. The molecule has 0 saturated carbocycles. The molecule has 1 aromatic heterocycles. The molecule has 1 aromatic carbocycles. The maximum absolute atomic E-state index is 11.3. The molecule has 0 bridgehead atoms. The maximum atomic E-state index is 11.3. The van der Waals surface area contributed by atoms with Crippen molar-refractivity contribution in [3.8, 4) is 0 Å². The first kappa shape index (κ1) is 9.28. The lowest BCUT2D eigenvalue weighted by molar-refractivity contribution is 0.101. The second-order valence-corrected chi connectivity index (χ2v) is 3.81. The van der Waals surface area contributed by atoms with Gasteiger partial charge in [-0.25, -0.2) is 0 Å². The van der Waals surface area contributed by atoms with Crippen LogP contribution in [0.25, 0.3) is 10.9 Å². The normalized spacial score (nSPS) is 10.8. The number of aryl methyl sites for hydroxylation is 1. The van der Waals surface area contributed by atoms with Crippen molar-refractivity contribution in [2.45, 2.75) is 13.8 Å². The predicted octanol–water partition coefficient (Wildman–Crippen LogP) is 3.33. The van der Waals surface area contributed by atoms with Crippen LogP contribution in [0.1, 0.15) is 23.0 Å². The van der Waals surface area contributed by atoms with E-state index >= 15 is 0 Å². The van der Waals surface area contributed by atoms with Crippen LogP contribution in [0.3, 0.4) is 0 Å². The lowest BCUT2D eigenvalue weighted by Gasteiger charge is -1.92. The Labute approximate surface area is 86.9 Å². The Balaban J connectivity index is 2.79. The van der Waals surface area contributed by atoms with Crippen LogP contribution in [0, 0.1) is 6.92 Å². The van der Waals surface area contributed by atoms with Gasteiger partial charge in [0.05, 0.1) is 5.69 Å². The largest absolute Gasteiger partial charge is 0.352 e. The molecule has 3 heteroatoms. The Morgan fingerprint density at radius 1 is 1.43 bits per heavy atom. The first-order valence-corrected chi connectivity index (χ1v) is 4.76. The van der Waals surface area contributed by atoms with Crippen LogP contribution in [0.15, 0.2) is 18.2 Å². The third-order valence-corrected chi connectivity index (χ3v) is 2.61. The molecule has 0 spiro atoms. The van der Waals surface area contributed by atoms with Gasteiger partial charge in [0.25, 0.3) is 0 Å². The smallest absolute Gasteiger partial charge is 0.176 e. The van der Waals surface area contributed by atoms with Crippen LogP contribution in [-0.2, 0) is 0 Å². The number of ketones is 1. The quantitative estimate of drug-likeness (QED) is 0.715. The molecule has 0 amide bonds. The summed E-state index contributed by atoms with van der Waals surface area (Å²) in [5.41, 5.74) is 2.58. The summed E-state index contributed by atoms with van der Waals surface area (Å²) in [6, 6.07) is 5.58. The Hall–Kier alpha value is -1.28. The van der Waals surface area contributed by atoms with Gasteiger partial charge in [-0.1, -0.05) is 17.7 Å². The van der Waals surface area contributed by atoms with Crippen LogP contribution in [0.4, 0.5) is 0 Å². The number of hydrogen-bond acceptors (Lipinski definition) is 1. The highest BCUT2D eigenvalue weighted by atomic mass is 35.5. The van der Waals surface area contributed by atoms with E-state index in [0.717, 1.165) is 16.5 Å². The summed E-state index contributed by atoms with van der Waals surface area (Å²) < 4.78 is 0. The third kappa shape index (κ3) is 1.32. The fourth-order valence-corrected chi connectivity index (χ4v) is 1.83. The molecule has 0 radical (unpaired) electrons. The summed E-state index contributed by atoms with van der Waals surface area (Å²) in [6.45, 7) is 3.49. The number of aromatic nitrogens is 1. The van der Waals surface area contributed by atoms with Gasteiger partial charge in [0, 0.05) is 22.8 Å². The Morgan fingerprint density at radius 3 is 2.79 bits per heavy atom. The van der Waals surface area contributed by atoms with Crippen LogP contribution in [0.2, 0.25) is 5.02 Å². The van der Waals surface area contributed by atoms with Gasteiger partial charge in [-0.05, 0) is 24.6 Å². The number of benzene rings is 1. The van der Waals surface area contributed by atoms with E-state index in [1.165, 1.54) is 0 Å². The first-order valence-electron chi connectivity index (χ1n) is 4.38. The fourth-order valence-electron chi connectivity index (χ4n) is 1.66. The number of nitrogens with one attached hydrogen (secondary N) is 1. The van der Waals surface area contributed by atoms with Crippen LogP contribution >= 0.6 is 11.6 Å². The van der Waals surface area contributed by atoms with Crippen molar-refractivity contribution >= 4 is 28.3 Å². The molecule has 0 saturated heterocycles. The lowest BCUT2D eigenvalue weighted by Crippen LogP contribution is -1.93. The number of carbonyl (C=O) groups is 1. The van der Waals surface area contributed by atoms with Gasteiger partial charge in [-0.2, -0.15) is 0 Å². The van der Waals surface area contributed by atoms with E-state index in [4.69, 9.17) is 11.6 Å². The molecule has 1 N–H and O–H groups in total. The molecule has 0 aliphatic carbocycles. The van der Waals surface area contributed by atoms with Gasteiger partial charge in [0.1, 0.15) is 0 Å². The Bertz CT molecular complexity index is 513. The van der Waals surface area contributed by atoms with Gasteiger partial charge in [0.15, 0.2) is 5.78 Å². The maximum Gasteiger partial charge on any atom is 0.176 e. The highest BCUT2D eigenvalue weighted by Gasteiger charge is 2.10. The van der Waals surface area contributed by atoms with Gasteiger partial charge in [-0.15, -0.1) is 0 Å². The van der Waals surface area contributed by atoms with Gasteiger partial charge in [0.2, 0.25) is 0 Å². The number of H-pyrrole nitrogens is 1. The Morgan fingerprint density at radius 2 is 2.14 bits per heavy atom. The summed E-state index contributed by atoms with van der Waals surface area (Å²) in [4.78, 5) is 14.3. The molecule has 0 fully saturated rings. The van der Waals surface area contributed by atoms with Crippen molar-refractivity contribution in [2.75, 3.05) is 0 Å². The SMILES string of the molecule is CC(=O)c1[nH]c2cc(Cl)ccc2c1C. The highest BCUT2D eigenvalue weighted by molar-refractivity contribution is 6.31. The average Bonchev–Trinajstić information content (AvgIpc) is 2.43. The topological polar surface area (TPSA) is 32.9 Å². The molecule has 0 unspecified atom stereocenters. The number of rotatable bonds is 1. The average molecular weight is 208 g/mol. The van der Waals surface area contributed by atoms with Crippen LogP contribution in [0.5, 0.6) is 0 Å². The van der Waals surface area contributed by atoms with E-state index in [0.29, 0.717) is 10.7 Å². The van der Waals surface area contributed by atoms with Gasteiger partial charge < -0.3 is 4.98 Å². The van der Waals surface area contributed by atoms with E-state index in [1.807, 2.05) is 25.1 Å². The van der Waals surface area contributed by atoms with Crippen LogP contribution < -0.4 is 0 Å². The number of halogens is 1. The minimum Gasteiger partial charge on any atom is -0.352 e. The molecule has 0 aliphatic heterocycles. The van der Waals surface area contributed by atoms with E-state index in [-0.39, 0.29) is 5.78 Å². The van der Waals surface area contributed by atoms with Crippen molar-refractivity contribution in [3.05, 3.63) is 34.5 Å². The van der Waals surface area contributed by atoms with E-state index in [9.17, 15) is 4.79 Å². The van der Waals surface area contributed by atoms with Gasteiger partial charge in [-0.3, -0.25) is 4.79 Å². The zero-order chi connectivity index (χ0) is 10.3. The molecular weight excluding hydrogens is 198 g/mol.